The number of rotatable bonds is 3. The van der Waals surface area contributed by atoms with Crippen LogP contribution in [0.4, 0.5) is 10.1 Å². The first-order chi connectivity index (χ1) is 8.60. The summed E-state index contributed by atoms with van der Waals surface area (Å²) in [5.74, 6) is -0.186. The number of aromatic nitrogens is 2. The Hall–Kier alpha value is -2.37. The zero-order valence-electron chi connectivity index (χ0n) is 9.76. The molecule has 1 aromatic carbocycles. The largest absolute Gasteiger partial charge is 0.480 e. The van der Waals surface area contributed by atoms with E-state index in [9.17, 15) is 9.18 Å². The van der Waals surface area contributed by atoms with Crippen molar-refractivity contribution in [3.63, 3.8) is 0 Å². The minimum absolute atomic E-state index is 0.0738. The first-order valence-corrected chi connectivity index (χ1v) is 5.26. The molecule has 6 heteroatoms. The van der Waals surface area contributed by atoms with Crippen LogP contribution in [0.15, 0.2) is 35.1 Å². The fourth-order valence-electron chi connectivity index (χ4n) is 1.49. The van der Waals surface area contributed by atoms with Crippen LogP contribution in [0.5, 0.6) is 5.88 Å². The van der Waals surface area contributed by atoms with E-state index in [1.165, 1.54) is 36.1 Å². The van der Waals surface area contributed by atoms with Crippen molar-refractivity contribution in [3.8, 4) is 5.88 Å². The minimum atomic E-state index is -0.511. The number of nitrogens with zero attached hydrogens (tertiary/aromatic N) is 2. The van der Waals surface area contributed by atoms with Gasteiger partial charge in [-0.2, -0.15) is 0 Å². The van der Waals surface area contributed by atoms with Crippen molar-refractivity contribution in [3.05, 3.63) is 52.1 Å². The summed E-state index contributed by atoms with van der Waals surface area (Å²) in [7, 11) is 1.46. The van der Waals surface area contributed by atoms with Crippen LogP contribution in [0.2, 0.25) is 0 Å². The lowest BCUT2D eigenvalue weighted by atomic mass is 10.2. The van der Waals surface area contributed by atoms with Gasteiger partial charge in [0.1, 0.15) is 5.82 Å². The highest BCUT2D eigenvalue weighted by molar-refractivity contribution is 5.41. The molecule has 2 N–H and O–H groups in total. The SMILES string of the molecule is COc1ccc(=O)n(Cc2ccc(N)c(F)c2)n1. The highest BCUT2D eigenvalue weighted by Gasteiger charge is 2.04. The second kappa shape index (κ2) is 4.87. The van der Waals surface area contributed by atoms with Crippen molar-refractivity contribution in [1.29, 1.82) is 0 Å². The van der Waals surface area contributed by atoms with Crippen molar-refractivity contribution in [2.45, 2.75) is 6.54 Å². The number of nitrogens with two attached hydrogens (primary N) is 1. The van der Waals surface area contributed by atoms with E-state index in [2.05, 4.69) is 5.10 Å². The molecule has 0 bridgehead atoms. The third kappa shape index (κ3) is 2.48. The van der Waals surface area contributed by atoms with Gasteiger partial charge in [-0.1, -0.05) is 6.07 Å². The third-order valence-electron chi connectivity index (χ3n) is 2.45. The van der Waals surface area contributed by atoms with E-state index in [0.717, 1.165) is 0 Å². The molecule has 2 rings (SSSR count). The fraction of sp³-hybridized carbons (Fsp3) is 0.167. The molecule has 0 aliphatic heterocycles. The summed E-state index contributed by atoms with van der Waals surface area (Å²) in [6, 6.07) is 7.20. The quantitative estimate of drug-likeness (QED) is 0.824. The molecule has 1 heterocycles. The lowest BCUT2D eigenvalue weighted by Gasteiger charge is -2.07. The van der Waals surface area contributed by atoms with Gasteiger partial charge in [-0.25, -0.2) is 9.07 Å². The Bertz CT molecular complexity index is 625. The third-order valence-corrected chi connectivity index (χ3v) is 2.45. The molecule has 0 atom stereocenters. The Morgan fingerprint density at radius 2 is 2.17 bits per heavy atom. The summed E-state index contributed by atoms with van der Waals surface area (Å²) < 4.78 is 19.4. The van der Waals surface area contributed by atoms with Gasteiger partial charge in [0, 0.05) is 12.1 Å². The molecule has 0 saturated carbocycles. The molecule has 0 spiro atoms. The minimum Gasteiger partial charge on any atom is -0.480 e. The van der Waals surface area contributed by atoms with Crippen LogP contribution < -0.4 is 16.0 Å². The molecular formula is C12H12FN3O2. The van der Waals surface area contributed by atoms with Gasteiger partial charge in [0.05, 0.1) is 19.3 Å². The van der Waals surface area contributed by atoms with Gasteiger partial charge in [0.15, 0.2) is 0 Å². The van der Waals surface area contributed by atoms with Gasteiger partial charge in [-0.05, 0) is 17.7 Å². The van der Waals surface area contributed by atoms with Crippen molar-refractivity contribution in [2.75, 3.05) is 12.8 Å². The van der Waals surface area contributed by atoms with Crippen LogP contribution in [0, 0.1) is 5.82 Å². The van der Waals surface area contributed by atoms with E-state index in [-0.39, 0.29) is 17.8 Å². The zero-order valence-corrected chi connectivity index (χ0v) is 9.76. The van der Waals surface area contributed by atoms with Gasteiger partial charge in [-0.15, -0.1) is 5.10 Å². The number of ether oxygens (including phenoxy) is 1. The number of hydrogen-bond acceptors (Lipinski definition) is 4. The molecule has 0 amide bonds. The molecule has 0 unspecified atom stereocenters. The predicted molar refractivity (Wildman–Crippen MR) is 65.0 cm³/mol. The number of methoxy groups -OCH3 is 1. The van der Waals surface area contributed by atoms with Crippen molar-refractivity contribution in [2.24, 2.45) is 0 Å². The van der Waals surface area contributed by atoms with Crippen LogP contribution in [-0.4, -0.2) is 16.9 Å². The Morgan fingerprint density at radius 3 is 2.83 bits per heavy atom. The Labute approximate surface area is 103 Å². The molecule has 0 radical (unpaired) electrons. The summed E-state index contributed by atoms with van der Waals surface area (Å²) in [5, 5.41) is 3.97. The van der Waals surface area contributed by atoms with E-state index >= 15 is 0 Å². The molecular weight excluding hydrogens is 237 g/mol. The lowest BCUT2D eigenvalue weighted by molar-refractivity contribution is 0.379. The van der Waals surface area contributed by atoms with Gasteiger partial charge in [0.25, 0.3) is 5.56 Å². The topological polar surface area (TPSA) is 70.1 Å². The molecule has 0 aliphatic rings. The first-order valence-electron chi connectivity index (χ1n) is 5.26. The van der Waals surface area contributed by atoms with Crippen LogP contribution in [-0.2, 0) is 6.54 Å². The van der Waals surface area contributed by atoms with E-state index in [1.807, 2.05) is 0 Å². The first kappa shape index (κ1) is 12.1. The van der Waals surface area contributed by atoms with E-state index in [4.69, 9.17) is 10.5 Å². The number of hydrogen-bond donors (Lipinski definition) is 1. The monoisotopic (exact) mass is 249 g/mol. The number of benzene rings is 1. The predicted octanol–water partition coefficient (Wildman–Crippen LogP) is 1.02. The molecule has 1 aromatic heterocycles. The second-order valence-electron chi connectivity index (χ2n) is 3.73. The van der Waals surface area contributed by atoms with Crippen LogP contribution in [0.1, 0.15) is 5.56 Å². The summed E-state index contributed by atoms with van der Waals surface area (Å²) in [4.78, 5) is 11.6. The van der Waals surface area contributed by atoms with Crippen LogP contribution in [0.3, 0.4) is 0 Å². The highest BCUT2D eigenvalue weighted by Crippen LogP contribution is 2.12. The molecule has 18 heavy (non-hydrogen) atoms. The van der Waals surface area contributed by atoms with Crippen molar-refractivity contribution in [1.82, 2.24) is 9.78 Å². The molecule has 0 saturated heterocycles. The average molecular weight is 249 g/mol. The molecule has 94 valence electrons. The fourth-order valence-corrected chi connectivity index (χ4v) is 1.49. The van der Waals surface area contributed by atoms with Crippen LogP contribution >= 0.6 is 0 Å². The smallest absolute Gasteiger partial charge is 0.267 e. The normalized spacial score (nSPS) is 10.3. The average Bonchev–Trinajstić information content (AvgIpc) is 2.36. The van der Waals surface area contributed by atoms with Gasteiger partial charge < -0.3 is 10.5 Å². The van der Waals surface area contributed by atoms with E-state index < -0.39 is 5.82 Å². The zero-order chi connectivity index (χ0) is 13.1. The number of nitrogen functional groups attached to an aromatic ring is 1. The molecule has 5 nitrogen and oxygen atoms in total. The standard InChI is InChI=1S/C12H12FN3O2/c1-18-11-4-5-12(17)16(15-11)7-8-2-3-10(14)9(13)6-8/h2-6H,7,14H2,1H3. The number of halogens is 1. The molecule has 0 fully saturated rings. The summed E-state index contributed by atoms with van der Waals surface area (Å²) in [5.41, 5.74) is 5.77. The van der Waals surface area contributed by atoms with Crippen molar-refractivity contribution >= 4 is 5.69 Å². The van der Waals surface area contributed by atoms with E-state index in [1.54, 1.807) is 6.07 Å². The Balaban J connectivity index is 2.33. The van der Waals surface area contributed by atoms with Gasteiger partial charge >= 0.3 is 0 Å². The second-order valence-corrected chi connectivity index (χ2v) is 3.73. The van der Waals surface area contributed by atoms with Crippen LogP contribution in [0.25, 0.3) is 0 Å². The number of anilines is 1. The summed E-state index contributed by atoms with van der Waals surface area (Å²) >= 11 is 0. The van der Waals surface area contributed by atoms with Crippen molar-refractivity contribution < 1.29 is 9.13 Å². The maximum Gasteiger partial charge on any atom is 0.267 e. The highest BCUT2D eigenvalue weighted by atomic mass is 19.1. The Morgan fingerprint density at radius 1 is 1.39 bits per heavy atom. The maximum atomic E-state index is 13.3. The molecule has 2 aromatic rings. The molecule has 0 aliphatic carbocycles. The maximum absolute atomic E-state index is 13.3. The lowest BCUT2D eigenvalue weighted by Crippen LogP contribution is -2.22. The summed E-state index contributed by atoms with van der Waals surface area (Å²) in [6.07, 6.45) is 0. The van der Waals surface area contributed by atoms with Gasteiger partial charge in [0.2, 0.25) is 5.88 Å². The van der Waals surface area contributed by atoms with Gasteiger partial charge in [-0.3, -0.25) is 4.79 Å². The van der Waals surface area contributed by atoms with E-state index in [0.29, 0.717) is 11.4 Å². The Kier molecular flexibility index (Phi) is 3.27. The summed E-state index contributed by atoms with van der Waals surface area (Å²) in [6.45, 7) is 0.160.